The van der Waals surface area contributed by atoms with Crippen molar-refractivity contribution in [3.05, 3.63) is 0 Å². The highest BCUT2D eigenvalue weighted by atomic mass is 16.5. The normalized spacial score (nSPS) is 33.9. The molecule has 0 bridgehead atoms. The van der Waals surface area contributed by atoms with E-state index in [1.165, 1.54) is 0 Å². The van der Waals surface area contributed by atoms with Gasteiger partial charge >= 0.3 is 12.0 Å². The van der Waals surface area contributed by atoms with Crippen molar-refractivity contribution in [2.24, 2.45) is 11.8 Å². The van der Waals surface area contributed by atoms with Crippen LogP contribution >= 0.6 is 0 Å². The molecule has 2 amide bonds. The maximum absolute atomic E-state index is 12.7. The van der Waals surface area contributed by atoms with Gasteiger partial charge in [0.1, 0.15) is 0 Å². The molecule has 120 valence electrons. The Balaban J connectivity index is 1.96. The van der Waals surface area contributed by atoms with Crippen molar-refractivity contribution < 1.29 is 19.4 Å². The van der Waals surface area contributed by atoms with Gasteiger partial charge in [-0.2, -0.15) is 0 Å². The Bertz CT molecular complexity index is 401. The highest BCUT2D eigenvalue weighted by Gasteiger charge is 2.36. The zero-order valence-electron chi connectivity index (χ0n) is 13.1. The van der Waals surface area contributed by atoms with Crippen LogP contribution in [0.2, 0.25) is 0 Å². The number of amides is 2. The van der Waals surface area contributed by atoms with Crippen molar-refractivity contribution in [2.45, 2.75) is 45.3 Å². The van der Waals surface area contributed by atoms with Gasteiger partial charge in [0.2, 0.25) is 0 Å². The average Bonchev–Trinajstić information content (AvgIpc) is 2.46. The molecule has 6 nitrogen and oxygen atoms in total. The number of urea groups is 1. The molecule has 0 aromatic carbocycles. The molecule has 4 unspecified atom stereocenters. The highest BCUT2D eigenvalue weighted by Crippen LogP contribution is 2.26. The van der Waals surface area contributed by atoms with E-state index >= 15 is 0 Å². The Kier molecular flexibility index (Phi) is 5.08. The van der Waals surface area contributed by atoms with Gasteiger partial charge in [-0.3, -0.25) is 4.79 Å². The molecular weight excluding hydrogens is 272 g/mol. The zero-order chi connectivity index (χ0) is 15.6. The molecule has 2 aliphatic heterocycles. The first-order chi connectivity index (χ1) is 9.93. The number of carboxylic acid groups (broad SMARTS) is 1. The highest BCUT2D eigenvalue weighted by molar-refractivity contribution is 5.76. The summed E-state index contributed by atoms with van der Waals surface area (Å²) in [6.07, 6.45) is 2.13. The van der Waals surface area contributed by atoms with Crippen LogP contribution < -0.4 is 0 Å². The van der Waals surface area contributed by atoms with Crippen LogP contribution in [0.3, 0.4) is 0 Å². The Morgan fingerprint density at radius 2 is 1.90 bits per heavy atom. The number of carbonyl (C=O) groups is 2. The average molecular weight is 298 g/mol. The number of methoxy groups -OCH3 is 1. The van der Waals surface area contributed by atoms with Crippen molar-refractivity contribution in [1.29, 1.82) is 0 Å². The van der Waals surface area contributed by atoms with E-state index in [9.17, 15) is 9.59 Å². The Morgan fingerprint density at radius 3 is 2.48 bits per heavy atom. The first kappa shape index (κ1) is 16.1. The third kappa shape index (κ3) is 3.48. The number of nitrogens with zero attached hydrogens (tertiary/aromatic N) is 2. The van der Waals surface area contributed by atoms with E-state index < -0.39 is 5.97 Å². The molecule has 2 saturated heterocycles. The van der Waals surface area contributed by atoms with Crippen molar-refractivity contribution in [3.63, 3.8) is 0 Å². The van der Waals surface area contributed by atoms with E-state index in [1.807, 2.05) is 16.7 Å². The first-order valence-corrected chi connectivity index (χ1v) is 7.75. The number of carboxylic acids is 1. The number of ether oxygens (including phenoxy) is 1. The van der Waals surface area contributed by atoms with Crippen LogP contribution in [0.15, 0.2) is 0 Å². The van der Waals surface area contributed by atoms with Gasteiger partial charge in [-0.05, 0) is 32.1 Å². The van der Waals surface area contributed by atoms with Crippen LogP contribution in [-0.4, -0.2) is 65.8 Å². The molecule has 0 aliphatic carbocycles. The summed E-state index contributed by atoms with van der Waals surface area (Å²) in [4.78, 5) is 27.4. The van der Waals surface area contributed by atoms with Crippen LogP contribution in [0.25, 0.3) is 0 Å². The van der Waals surface area contributed by atoms with Crippen LogP contribution in [0.1, 0.15) is 33.1 Å². The summed E-state index contributed by atoms with van der Waals surface area (Å²) in [5.41, 5.74) is 0. The molecular formula is C15H26N2O4. The van der Waals surface area contributed by atoms with Gasteiger partial charge < -0.3 is 19.6 Å². The van der Waals surface area contributed by atoms with Crippen LogP contribution in [0.4, 0.5) is 4.79 Å². The topological polar surface area (TPSA) is 70.1 Å². The fourth-order valence-corrected chi connectivity index (χ4v) is 3.38. The van der Waals surface area contributed by atoms with Gasteiger partial charge in [0.15, 0.2) is 0 Å². The van der Waals surface area contributed by atoms with Crippen molar-refractivity contribution >= 4 is 12.0 Å². The van der Waals surface area contributed by atoms with E-state index in [0.29, 0.717) is 31.8 Å². The van der Waals surface area contributed by atoms with Crippen molar-refractivity contribution in [1.82, 2.24) is 9.80 Å². The fourth-order valence-electron chi connectivity index (χ4n) is 3.38. The maximum Gasteiger partial charge on any atom is 0.320 e. The molecule has 0 aromatic heterocycles. The molecule has 2 rings (SSSR count). The summed E-state index contributed by atoms with van der Waals surface area (Å²) in [6, 6.07) is 0.00739. The SMILES string of the molecule is COC1CN(C(=O)N2CCC(C(=O)O)CC2C)CCC1C. The lowest BCUT2D eigenvalue weighted by atomic mass is 9.91. The predicted octanol–water partition coefficient (Wildman–Crippen LogP) is 1.65. The number of likely N-dealkylation sites (tertiary alicyclic amines) is 2. The van der Waals surface area contributed by atoms with Crippen molar-refractivity contribution in [3.8, 4) is 0 Å². The Hall–Kier alpha value is -1.30. The minimum atomic E-state index is -0.750. The summed E-state index contributed by atoms with van der Waals surface area (Å²) < 4.78 is 5.46. The van der Waals surface area contributed by atoms with Gasteiger partial charge in [0.05, 0.1) is 12.0 Å². The van der Waals surface area contributed by atoms with Gasteiger partial charge in [-0.25, -0.2) is 4.79 Å². The minimum absolute atomic E-state index is 0.0207. The summed E-state index contributed by atoms with van der Waals surface area (Å²) in [7, 11) is 1.69. The fraction of sp³-hybridized carbons (Fsp3) is 0.867. The van der Waals surface area contributed by atoms with E-state index in [0.717, 1.165) is 13.0 Å². The number of aliphatic carboxylic acids is 1. The van der Waals surface area contributed by atoms with Crippen LogP contribution in [0.5, 0.6) is 0 Å². The molecule has 2 fully saturated rings. The third-order valence-corrected chi connectivity index (χ3v) is 4.93. The maximum atomic E-state index is 12.7. The largest absolute Gasteiger partial charge is 0.481 e. The predicted molar refractivity (Wildman–Crippen MR) is 78.1 cm³/mol. The number of hydrogen-bond donors (Lipinski definition) is 1. The standard InChI is InChI=1S/C15H26N2O4/c1-10-4-6-16(9-13(10)21-3)15(20)17-7-5-12(14(18)19)8-11(17)2/h10-13H,4-9H2,1-3H3,(H,18,19). The summed E-state index contributed by atoms with van der Waals surface area (Å²) in [5.74, 6) is -0.605. The van der Waals surface area contributed by atoms with E-state index in [2.05, 4.69) is 6.92 Å². The molecule has 6 heteroatoms. The molecule has 4 atom stereocenters. The number of carbonyl (C=O) groups excluding carboxylic acids is 1. The molecule has 2 heterocycles. The molecule has 0 spiro atoms. The second-order valence-corrected chi connectivity index (χ2v) is 6.37. The van der Waals surface area contributed by atoms with Crippen molar-refractivity contribution in [2.75, 3.05) is 26.7 Å². The lowest BCUT2D eigenvalue weighted by molar-refractivity contribution is -0.143. The number of piperidine rings is 2. The van der Waals surface area contributed by atoms with Crippen LogP contribution in [0, 0.1) is 11.8 Å². The van der Waals surface area contributed by atoms with Gasteiger partial charge in [0, 0.05) is 32.8 Å². The lowest BCUT2D eigenvalue weighted by Crippen LogP contribution is -2.55. The minimum Gasteiger partial charge on any atom is -0.481 e. The summed E-state index contributed by atoms with van der Waals surface area (Å²) >= 11 is 0. The van der Waals surface area contributed by atoms with Crippen LogP contribution in [-0.2, 0) is 9.53 Å². The van der Waals surface area contributed by atoms with E-state index in [1.54, 1.807) is 7.11 Å². The smallest absolute Gasteiger partial charge is 0.320 e. The first-order valence-electron chi connectivity index (χ1n) is 7.75. The summed E-state index contributed by atoms with van der Waals surface area (Å²) in [6.45, 7) is 6.00. The molecule has 1 N–H and O–H groups in total. The molecule has 0 aromatic rings. The second-order valence-electron chi connectivity index (χ2n) is 6.37. The quantitative estimate of drug-likeness (QED) is 0.841. The molecule has 0 radical (unpaired) electrons. The lowest BCUT2D eigenvalue weighted by Gasteiger charge is -2.42. The Labute approximate surface area is 126 Å². The third-order valence-electron chi connectivity index (χ3n) is 4.93. The van der Waals surface area contributed by atoms with E-state index in [-0.39, 0.29) is 24.1 Å². The van der Waals surface area contributed by atoms with E-state index in [4.69, 9.17) is 9.84 Å². The summed E-state index contributed by atoms with van der Waals surface area (Å²) in [5, 5.41) is 9.10. The Morgan fingerprint density at radius 1 is 1.19 bits per heavy atom. The number of rotatable bonds is 2. The second kappa shape index (κ2) is 6.64. The molecule has 2 aliphatic rings. The molecule has 21 heavy (non-hydrogen) atoms. The van der Waals surface area contributed by atoms with Gasteiger partial charge in [-0.15, -0.1) is 0 Å². The van der Waals surface area contributed by atoms with Gasteiger partial charge in [0.25, 0.3) is 0 Å². The number of hydrogen-bond acceptors (Lipinski definition) is 3. The zero-order valence-corrected chi connectivity index (χ0v) is 13.1. The monoisotopic (exact) mass is 298 g/mol. The molecule has 0 saturated carbocycles. The van der Waals surface area contributed by atoms with Gasteiger partial charge in [-0.1, -0.05) is 6.92 Å².